The van der Waals surface area contributed by atoms with Gasteiger partial charge in [-0.05, 0) is 6.42 Å². The normalized spacial score (nSPS) is 16.8. The third-order valence-electron chi connectivity index (χ3n) is 3.35. The van der Waals surface area contributed by atoms with Crippen LogP contribution in [0.2, 0.25) is 0 Å². The largest absolute Gasteiger partial charge is 0.301 e. The van der Waals surface area contributed by atoms with Crippen molar-refractivity contribution in [2.24, 2.45) is 9.98 Å². The Morgan fingerprint density at radius 2 is 2.00 bits per heavy atom. The summed E-state index contributed by atoms with van der Waals surface area (Å²) in [5.41, 5.74) is 2.03. The number of fused-ring (bicyclic) bond motifs is 3. The molecule has 0 bridgehead atoms. The van der Waals surface area contributed by atoms with Crippen LogP contribution in [0.15, 0.2) is 46.4 Å². The average Bonchev–Trinajstić information content (AvgIpc) is 2.93. The number of nitrogens with zero attached hydrogens (tertiary/aromatic N) is 5. The lowest BCUT2D eigenvalue weighted by molar-refractivity contribution is 0.525. The molecule has 3 heterocycles. The highest BCUT2D eigenvalue weighted by Gasteiger charge is 2.23. The van der Waals surface area contributed by atoms with Gasteiger partial charge in [0.1, 0.15) is 0 Å². The summed E-state index contributed by atoms with van der Waals surface area (Å²) in [6.07, 6.45) is 2.92. The van der Waals surface area contributed by atoms with Gasteiger partial charge in [0.05, 0.1) is 12.0 Å². The molecule has 1 aromatic carbocycles. The molecular weight excluding hydrogens is 238 g/mol. The fourth-order valence-electron chi connectivity index (χ4n) is 2.40. The van der Waals surface area contributed by atoms with E-state index in [1.165, 1.54) is 0 Å². The number of aliphatic imine (C=N–C) groups is 2. The number of hydrogen-bond donors (Lipinski definition) is 0. The third kappa shape index (κ3) is 1.66. The lowest BCUT2D eigenvalue weighted by Crippen LogP contribution is -2.41. The van der Waals surface area contributed by atoms with E-state index >= 15 is 0 Å². The zero-order valence-electron chi connectivity index (χ0n) is 10.4. The maximum absolute atomic E-state index is 4.64. The van der Waals surface area contributed by atoms with Crippen molar-refractivity contribution in [3.63, 3.8) is 0 Å². The minimum atomic E-state index is 0.843. The van der Waals surface area contributed by atoms with E-state index in [2.05, 4.69) is 32.1 Å². The van der Waals surface area contributed by atoms with Crippen LogP contribution in [0.25, 0.3) is 11.3 Å². The maximum Gasteiger partial charge on any atom is 0.229 e. The highest BCUT2D eigenvalue weighted by atomic mass is 15.5. The molecule has 0 fully saturated rings. The van der Waals surface area contributed by atoms with E-state index in [4.69, 9.17) is 0 Å². The molecule has 0 atom stereocenters. The van der Waals surface area contributed by atoms with Crippen LogP contribution in [-0.4, -0.2) is 40.1 Å². The fraction of sp³-hybridized carbons (Fsp3) is 0.214. The molecule has 0 aliphatic carbocycles. The number of benzene rings is 1. The van der Waals surface area contributed by atoms with E-state index < -0.39 is 0 Å². The van der Waals surface area contributed by atoms with Crippen molar-refractivity contribution in [1.29, 1.82) is 0 Å². The molecule has 2 aromatic rings. The zero-order valence-corrected chi connectivity index (χ0v) is 10.4. The first-order chi connectivity index (χ1) is 9.42. The molecule has 0 spiro atoms. The molecule has 19 heavy (non-hydrogen) atoms. The molecule has 2 aliphatic heterocycles. The Balaban J connectivity index is 1.83. The minimum Gasteiger partial charge on any atom is -0.301 e. The van der Waals surface area contributed by atoms with Crippen molar-refractivity contribution in [3.05, 3.63) is 36.4 Å². The Morgan fingerprint density at radius 3 is 2.89 bits per heavy atom. The zero-order chi connectivity index (χ0) is 12.7. The van der Waals surface area contributed by atoms with Gasteiger partial charge >= 0.3 is 0 Å². The van der Waals surface area contributed by atoms with Gasteiger partial charge in [0, 0.05) is 24.7 Å². The molecule has 1 aromatic heterocycles. The quantitative estimate of drug-likeness (QED) is 0.779. The molecule has 0 amide bonds. The first-order valence-electron chi connectivity index (χ1n) is 6.43. The third-order valence-corrected chi connectivity index (χ3v) is 3.35. The van der Waals surface area contributed by atoms with Crippen molar-refractivity contribution in [2.75, 3.05) is 13.1 Å². The van der Waals surface area contributed by atoms with Crippen molar-refractivity contribution in [1.82, 2.24) is 14.7 Å². The smallest absolute Gasteiger partial charge is 0.229 e. The first kappa shape index (κ1) is 10.5. The summed E-state index contributed by atoms with van der Waals surface area (Å²) >= 11 is 0. The van der Waals surface area contributed by atoms with Gasteiger partial charge in [-0.3, -0.25) is 4.99 Å². The predicted molar refractivity (Wildman–Crippen MR) is 74.8 cm³/mol. The van der Waals surface area contributed by atoms with Crippen molar-refractivity contribution in [2.45, 2.75) is 6.42 Å². The maximum atomic E-state index is 4.64. The second-order valence-corrected chi connectivity index (χ2v) is 4.64. The molecule has 0 saturated carbocycles. The van der Waals surface area contributed by atoms with Crippen LogP contribution in [0.1, 0.15) is 6.42 Å². The highest BCUT2D eigenvalue weighted by molar-refractivity contribution is 5.97. The van der Waals surface area contributed by atoms with Gasteiger partial charge in [0.25, 0.3) is 0 Å². The van der Waals surface area contributed by atoms with Crippen LogP contribution in [0.4, 0.5) is 5.82 Å². The molecule has 2 aliphatic rings. The topological polar surface area (TPSA) is 45.8 Å². The predicted octanol–water partition coefficient (Wildman–Crippen LogP) is 2.13. The van der Waals surface area contributed by atoms with E-state index in [1.54, 1.807) is 0 Å². The monoisotopic (exact) mass is 251 g/mol. The van der Waals surface area contributed by atoms with Crippen LogP contribution in [-0.2, 0) is 0 Å². The summed E-state index contributed by atoms with van der Waals surface area (Å²) in [5.74, 6) is 1.73. The summed E-state index contributed by atoms with van der Waals surface area (Å²) in [7, 11) is 0. The second kappa shape index (κ2) is 4.05. The summed E-state index contributed by atoms with van der Waals surface area (Å²) in [6, 6.07) is 12.1. The van der Waals surface area contributed by atoms with E-state index in [-0.39, 0.29) is 0 Å². The molecule has 4 rings (SSSR count). The van der Waals surface area contributed by atoms with E-state index in [0.717, 1.165) is 42.5 Å². The standard InChI is InChI=1S/C14H13N5/c1-2-5-11(6-3-1)12-9-13-16-10-18-8-4-7-15-14(18)19(13)17-12/h1-3,5-6,9-10H,4,7-8H2. The molecule has 0 saturated heterocycles. The highest BCUT2D eigenvalue weighted by Crippen LogP contribution is 2.26. The second-order valence-electron chi connectivity index (χ2n) is 4.64. The van der Waals surface area contributed by atoms with E-state index in [9.17, 15) is 0 Å². The van der Waals surface area contributed by atoms with Crippen LogP contribution in [0, 0.1) is 0 Å². The first-order valence-corrected chi connectivity index (χ1v) is 6.43. The summed E-state index contributed by atoms with van der Waals surface area (Å²) in [4.78, 5) is 11.0. The number of rotatable bonds is 1. The average molecular weight is 251 g/mol. The van der Waals surface area contributed by atoms with Crippen molar-refractivity contribution >= 4 is 18.1 Å². The molecule has 0 unspecified atom stereocenters. The number of aromatic nitrogens is 2. The van der Waals surface area contributed by atoms with Crippen molar-refractivity contribution < 1.29 is 0 Å². The fourth-order valence-corrected chi connectivity index (χ4v) is 2.40. The Kier molecular flexibility index (Phi) is 2.24. The Bertz CT molecular complexity index is 668. The Hall–Kier alpha value is -2.43. The van der Waals surface area contributed by atoms with Gasteiger partial charge in [-0.1, -0.05) is 30.3 Å². The minimum absolute atomic E-state index is 0.843. The molecule has 94 valence electrons. The van der Waals surface area contributed by atoms with Gasteiger partial charge in [0.15, 0.2) is 5.82 Å². The molecule has 5 nitrogen and oxygen atoms in total. The van der Waals surface area contributed by atoms with Crippen LogP contribution in [0.5, 0.6) is 0 Å². The van der Waals surface area contributed by atoms with Crippen LogP contribution in [0.3, 0.4) is 0 Å². The Morgan fingerprint density at radius 1 is 1.11 bits per heavy atom. The summed E-state index contributed by atoms with van der Waals surface area (Å²) in [5, 5.41) is 4.64. The summed E-state index contributed by atoms with van der Waals surface area (Å²) in [6.45, 7) is 1.82. The number of hydrogen-bond acceptors (Lipinski definition) is 4. The lowest BCUT2D eigenvalue weighted by atomic mass is 10.2. The van der Waals surface area contributed by atoms with Crippen LogP contribution < -0.4 is 0 Å². The van der Waals surface area contributed by atoms with Gasteiger partial charge in [0.2, 0.25) is 5.96 Å². The molecule has 0 N–H and O–H groups in total. The summed E-state index contributed by atoms with van der Waals surface area (Å²) < 4.78 is 1.83. The van der Waals surface area contributed by atoms with Gasteiger partial charge in [-0.25, -0.2) is 4.99 Å². The SMILES string of the molecule is C1=Nc2cc(-c3ccccc3)nn2C2=NCCCN12. The van der Waals surface area contributed by atoms with Gasteiger partial charge < -0.3 is 4.90 Å². The Labute approximate surface area is 110 Å². The molecule has 5 heteroatoms. The van der Waals surface area contributed by atoms with Gasteiger partial charge in [-0.15, -0.1) is 0 Å². The van der Waals surface area contributed by atoms with Crippen LogP contribution >= 0.6 is 0 Å². The lowest BCUT2D eigenvalue weighted by Gasteiger charge is -2.27. The molecular formula is C14H13N5. The van der Waals surface area contributed by atoms with Crippen molar-refractivity contribution in [3.8, 4) is 11.3 Å². The van der Waals surface area contributed by atoms with E-state index in [1.807, 2.05) is 35.3 Å². The van der Waals surface area contributed by atoms with E-state index in [0.29, 0.717) is 0 Å². The van der Waals surface area contributed by atoms with Gasteiger partial charge in [-0.2, -0.15) is 9.78 Å². The molecule has 0 radical (unpaired) electrons.